The van der Waals surface area contributed by atoms with Gasteiger partial charge in [0.05, 0.1) is 6.20 Å². The second kappa shape index (κ2) is 6.04. The highest BCUT2D eigenvalue weighted by Crippen LogP contribution is 2.13. The number of nitrogen functional groups attached to an aromatic ring is 1. The molecule has 2 heterocycles. The quantitative estimate of drug-likeness (QED) is 0.726. The predicted molar refractivity (Wildman–Crippen MR) is 74.2 cm³/mol. The summed E-state index contributed by atoms with van der Waals surface area (Å²) in [5.74, 6) is -0.412. The minimum atomic E-state index is -0.981. The average Bonchev–Trinajstić information content (AvgIpc) is 2.41. The van der Waals surface area contributed by atoms with Crippen LogP contribution in [-0.4, -0.2) is 51.1 Å². The Morgan fingerprint density at radius 3 is 3.00 bits per heavy atom. The summed E-state index contributed by atoms with van der Waals surface area (Å²) in [6.07, 6.45) is 1.85. The third-order valence-electron chi connectivity index (χ3n) is 3.01. The van der Waals surface area contributed by atoms with Crippen molar-refractivity contribution in [1.82, 2.24) is 20.2 Å². The molecule has 8 nitrogen and oxygen atoms in total. The number of hydrogen-bond acceptors (Lipinski definition) is 5. The standard InChI is InChI=1S/C11H14BrN5O3/c12-7-4-14-9(13)8(16-7)10(18)15-6-2-1-3-17(5-6)11(19)20/h4,6H,1-3,5H2,(H2,13,14)(H,15,18)(H,19,20). The van der Waals surface area contributed by atoms with Crippen molar-refractivity contribution >= 4 is 33.7 Å². The van der Waals surface area contributed by atoms with Gasteiger partial charge in [0.25, 0.3) is 5.91 Å². The first kappa shape index (κ1) is 14.5. The molecule has 0 bridgehead atoms. The molecule has 2 amide bonds. The van der Waals surface area contributed by atoms with Gasteiger partial charge in [-0.2, -0.15) is 0 Å². The van der Waals surface area contributed by atoms with Gasteiger partial charge in [-0.1, -0.05) is 0 Å². The minimum absolute atomic E-state index is 0.0341. The van der Waals surface area contributed by atoms with Gasteiger partial charge in [-0.15, -0.1) is 0 Å². The Bertz CT molecular complexity index is 539. The largest absolute Gasteiger partial charge is 0.465 e. The van der Waals surface area contributed by atoms with Gasteiger partial charge < -0.3 is 21.1 Å². The van der Waals surface area contributed by atoms with Gasteiger partial charge in [0, 0.05) is 19.1 Å². The molecule has 1 aromatic heterocycles. The molecule has 1 aliphatic rings. The van der Waals surface area contributed by atoms with E-state index in [9.17, 15) is 9.59 Å². The van der Waals surface area contributed by atoms with E-state index >= 15 is 0 Å². The summed E-state index contributed by atoms with van der Waals surface area (Å²) >= 11 is 3.12. The second-order valence-corrected chi connectivity index (χ2v) is 5.28. The molecule has 1 fully saturated rings. The Kier molecular flexibility index (Phi) is 4.38. The van der Waals surface area contributed by atoms with Gasteiger partial charge in [0.15, 0.2) is 11.5 Å². The Morgan fingerprint density at radius 2 is 2.30 bits per heavy atom. The first-order valence-corrected chi connectivity index (χ1v) is 6.83. The first-order chi connectivity index (χ1) is 9.47. The molecule has 2 rings (SSSR count). The molecule has 4 N–H and O–H groups in total. The van der Waals surface area contributed by atoms with Crippen molar-refractivity contribution < 1.29 is 14.7 Å². The lowest BCUT2D eigenvalue weighted by molar-refractivity contribution is 0.0884. The minimum Gasteiger partial charge on any atom is -0.465 e. The number of nitrogens with two attached hydrogens (primary N) is 1. The number of carbonyl (C=O) groups excluding carboxylic acids is 1. The van der Waals surface area contributed by atoms with Crippen molar-refractivity contribution in [2.24, 2.45) is 0 Å². The molecule has 0 radical (unpaired) electrons. The number of nitrogens with zero attached hydrogens (tertiary/aromatic N) is 3. The number of nitrogens with one attached hydrogen (secondary N) is 1. The Labute approximate surface area is 123 Å². The van der Waals surface area contributed by atoms with Gasteiger partial charge in [0.2, 0.25) is 0 Å². The Hall–Kier alpha value is -1.90. The summed E-state index contributed by atoms with van der Waals surface area (Å²) in [5.41, 5.74) is 5.65. The molecular formula is C11H14BrN5O3. The number of carbonyl (C=O) groups is 2. The number of amides is 2. The van der Waals surface area contributed by atoms with E-state index in [1.807, 2.05) is 0 Å². The van der Waals surface area contributed by atoms with E-state index in [0.717, 1.165) is 6.42 Å². The van der Waals surface area contributed by atoms with Crippen molar-refractivity contribution in [2.45, 2.75) is 18.9 Å². The third kappa shape index (κ3) is 3.35. The summed E-state index contributed by atoms with van der Waals surface area (Å²) in [7, 11) is 0. The molecule has 0 aromatic carbocycles. The lowest BCUT2D eigenvalue weighted by Gasteiger charge is -2.31. The number of hydrogen-bond donors (Lipinski definition) is 3. The normalized spacial score (nSPS) is 18.6. The van der Waals surface area contributed by atoms with Crippen LogP contribution >= 0.6 is 15.9 Å². The van der Waals surface area contributed by atoms with E-state index in [1.54, 1.807) is 0 Å². The van der Waals surface area contributed by atoms with Crippen LogP contribution in [0.5, 0.6) is 0 Å². The van der Waals surface area contributed by atoms with Crippen LogP contribution in [0.1, 0.15) is 23.3 Å². The molecule has 1 unspecified atom stereocenters. The van der Waals surface area contributed by atoms with E-state index in [4.69, 9.17) is 10.8 Å². The first-order valence-electron chi connectivity index (χ1n) is 6.04. The fourth-order valence-electron chi connectivity index (χ4n) is 2.07. The number of carboxylic acid groups (broad SMARTS) is 1. The molecule has 0 saturated carbocycles. The van der Waals surface area contributed by atoms with Crippen molar-refractivity contribution in [3.63, 3.8) is 0 Å². The SMILES string of the molecule is Nc1ncc(Br)nc1C(=O)NC1CCCN(C(=O)O)C1. The van der Waals surface area contributed by atoms with Crippen LogP contribution in [0.4, 0.5) is 10.6 Å². The molecule has 9 heteroatoms. The van der Waals surface area contributed by atoms with Crippen molar-refractivity contribution in [3.8, 4) is 0 Å². The number of rotatable bonds is 2. The highest BCUT2D eigenvalue weighted by atomic mass is 79.9. The molecule has 0 aliphatic carbocycles. The molecular weight excluding hydrogens is 330 g/mol. The predicted octanol–water partition coefficient (Wildman–Crippen LogP) is 0.693. The van der Waals surface area contributed by atoms with Crippen LogP contribution in [0.25, 0.3) is 0 Å². The Morgan fingerprint density at radius 1 is 1.55 bits per heavy atom. The monoisotopic (exact) mass is 343 g/mol. The fraction of sp³-hybridized carbons (Fsp3) is 0.455. The Balaban J connectivity index is 2.04. The number of piperidine rings is 1. The maximum absolute atomic E-state index is 12.1. The molecule has 1 aromatic rings. The molecule has 0 spiro atoms. The van der Waals surface area contributed by atoms with Gasteiger partial charge >= 0.3 is 6.09 Å². The smallest absolute Gasteiger partial charge is 0.407 e. The molecule has 1 atom stereocenters. The zero-order chi connectivity index (χ0) is 14.7. The van der Waals surface area contributed by atoms with Crippen molar-refractivity contribution in [1.29, 1.82) is 0 Å². The lowest BCUT2D eigenvalue weighted by Crippen LogP contribution is -2.49. The van der Waals surface area contributed by atoms with Gasteiger partial charge in [-0.3, -0.25) is 4.79 Å². The van der Waals surface area contributed by atoms with E-state index < -0.39 is 12.0 Å². The fourth-order valence-corrected chi connectivity index (χ4v) is 2.35. The maximum Gasteiger partial charge on any atom is 0.407 e. The number of halogens is 1. The zero-order valence-electron chi connectivity index (χ0n) is 10.5. The van der Waals surface area contributed by atoms with Crippen LogP contribution in [0, 0.1) is 0 Å². The van der Waals surface area contributed by atoms with E-state index in [0.29, 0.717) is 17.6 Å². The third-order valence-corrected chi connectivity index (χ3v) is 3.40. The molecule has 1 aliphatic heterocycles. The van der Waals surface area contributed by atoms with Crippen LogP contribution in [0.3, 0.4) is 0 Å². The summed E-state index contributed by atoms with van der Waals surface area (Å²) in [4.78, 5) is 32.1. The van der Waals surface area contributed by atoms with E-state index in [-0.39, 0.29) is 24.1 Å². The molecule has 1 saturated heterocycles. The maximum atomic E-state index is 12.1. The number of likely N-dealkylation sites (tertiary alicyclic amines) is 1. The van der Waals surface area contributed by atoms with E-state index in [2.05, 4.69) is 31.2 Å². The summed E-state index contributed by atoms with van der Waals surface area (Å²) in [5, 5.41) is 11.7. The van der Waals surface area contributed by atoms with Gasteiger partial charge in [-0.25, -0.2) is 14.8 Å². The van der Waals surface area contributed by atoms with Crippen molar-refractivity contribution in [3.05, 3.63) is 16.5 Å². The zero-order valence-corrected chi connectivity index (χ0v) is 12.1. The highest BCUT2D eigenvalue weighted by Gasteiger charge is 2.25. The summed E-state index contributed by atoms with van der Waals surface area (Å²) < 4.78 is 0.410. The number of aromatic nitrogens is 2. The van der Waals surface area contributed by atoms with Gasteiger partial charge in [-0.05, 0) is 28.8 Å². The highest BCUT2D eigenvalue weighted by molar-refractivity contribution is 9.10. The van der Waals surface area contributed by atoms with Crippen molar-refractivity contribution in [2.75, 3.05) is 18.8 Å². The van der Waals surface area contributed by atoms with Crippen LogP contribution in [0.2, 0.25) is 0 Å². The van der Waals surface area contributed by atoms with Crippen LogP contribution in [0.15, 0.2) is 10.8 Å². The average molecular weight is 344 g/mol. The topological polar surface area (TPSA) is 121 Å². The van der Waals surface area contributed by atoms with Crippen LogP contribution in [-0.2, 0) is 0 Å². The number of anilines is 1. The van der Waals surface area contributed by atoms with E-state index in [1.165, 1.54) is 11.1 Å². The second-order valence-electron chi connectivity index (χ2n) is 4.47. The summed E-state index contributed by atoms with van der Waals surface area (Å²) in [6, 6.07) is -0.243. The lowest BCUT2D eigenvalue weighted by atomic mass is 10.1. The molecule has 108 valence electrons. The summed E-state index contributed by atoms with van der Waals surface area (Å²) in [6.45, 7) is 0.753. The van der Waals surface area contributed by atoms with Gasteiger partial charge in [0.1, 0.15) is 4.60 Å². The molecule has 20 heavy (non-hydrogen) atoms. The van der Waals surface area contributed by atoms with Crippen LogP contribution < -0.4 is 11.1 Å².